The molecule has 1 heterocycles. The molecular formula is C30H28Cl2N4O2. The van der Waals surface area contributed by atoms with Crippen LogP contribution in [0.1, 0.15) is 29.5 Å². The van der Waals surface area contributed by atoms with Gasteiger partial charge in [0.05, 0.1) is 18.2 Å². The van der Waals surface area contributed by atoms with Gasteiger partial charge in [0, 0.05) is 21.8 Å². The molecule has 1 aliphatic heterocycles. The summed E-state index contributed by atoms with van der Waals surface area (Å²) in [4.78, 5) is 30.5. The number of anilines is 1. The first-order valence-electron chi connectivity index (χ1n) is 12.8. The molecule has 1 saturated heterocycles. The van der Waals surface area contributed by atoms with Gasteiger partial charge in [-0.25, -0.2) is 0 Å². The third kappa shape index (κ3) is 6.19. The summed E-state index contributed by atoms with van der Waals surface area (Å²) in [6.07, 6.45) is 3.54. The number of halogens is 2. The lowest BCUT2D eigenvalue weighted by molar-refractivity contribution is -0.137. The van der Waals surface area contributed by atoms with Gasteiger partial charge in [-0.2, -0.15) is 5.26 Å². The SMILES string of the molecule is N#Cc1cccc(-c2ccc3c(c2)CC(N(CC(=O)Nc2cc(Cl)cc(Cl)c2)C(=O)CN2CCCC2)C3)c1. The summed E-state index contributed by atoms with van der Waals surface area (Å²) in [6, 6.07) is 20.8. The number of benzene rings is 3. The lowest BCUT2D eigenvalue weighted by Gasteiger charge is -2.30. The molecule has 1 atom stereocenters. The molecule has 6 nitrogen and oxygen atoms in total. The van der Waals surface area contributed by atoms with Gasteiger partial charge in [0.15, 0.2) is 0 Å². The Kier molecular flexibility index (Phi) is 7.99. The number of likely N-dealkylation sites (tertiary alicyclic amines) is 1. The maximum atomic E-state index is 13.5. The minimum Gasteiger partial charge on any atom is -0.329 e. The lowest BCUT2D eigenvalue weighted by atomic mass is 9.99. The van der Waals surface area contributed by atoms with E-state index in [0.717, 1.165) is 42.6 Å². The molecule has 1 fully saturated rings. The minimum atomic E-state index is -0.289. The maximum absolute atomic E-state index is 13.5. The van der Waals surface area contributed by atoms with Crippen LogP contribution in [0, 0.1) is 11.3 Å². The first kappa shape index (κ1) is 26.2. The van der Waals surface area contributed by atoms with Gasteiger partial charge in [0.25, 0.3) is 0 Å². The number of hydrogen-bond donors (Lipinski definition) is 1. The van der Waals surface area contributed by atoms with Crippen molar-refractivity contribution in [2.45, 2.75) is 31.7 Å². The Bertz CT molecular complexity index is 1390. The molecule has 1 N–H and O–H groups in total. The molecule has 2 aliphatic rings. The summed E-state index contributed by atoms with van der Waals surface area (Å²) in [7, 11) is 0. The molecule has 5 rings (SSSR count). The first-order valence-corrected chi connectivity index (χ1v) is 13.5. The highest BCUT2D eigenvalue weighted by Gasteiger charge is 2.32. The third-order valence-electron chi connectivity index (χ3n) is 7.22. The van der Waals surface area contributed by atoms with Crippen LogP contribution in [0.25, 0.3) is 11.1 Å². The van der Waals surface area contributed by atoms with Crippen molar-refractivity contribution in [3.63, 3.8) is 0 Å². The molecule has 0 aromatic heterocycles. The fourth-order valence-corrected chi connectivity index (χ4v) is 5.91. The highest BCUT2D eigenvalue weighted by atomic mass is 35.5. The Hall–Kier alpha value is -3.37. The smallest absolute Gasteiger partial charge is 0.244 e. The zero-order chi connectivity index (χ0) is 26.6. The predicted octanol–water partition coefficient (Wildman–Crippen LogP) is 5.56. The molecule has 3 aromatic carbocycles. The van der Waals surface area contributed by atoms with E-state index in [-0.39, 0.29) is 24.4 Å². The molecule has 194 valence electrons. The number of nitrogens with one attached hydrogen (secondary N) is 1. The predicted molar refractivity (Wildman–Crippen MR) is 150 cm³/mol. The van der Waals surface area contributed by atoms with Gasteiger partial charge in [-0.3, -0.25) is 14.5 Å². The number of fused-ring (bicyclic) bond motifs is 1. The quantitative estimate of drug-likeness (QED) is 0.420. The zero-order valence-corrected chi connectivity index (χ0v) is 22.4. The van der Waals surface area contributed by atoms with E-state index < -0.39 is 0 Å². The maximum Gasteiger partial charge on any atom is 0.244 e. The van der Waals surface area contributed by atoms with Crippen LogP contribution in [0.4, 0.5) is 5.69 Å². The monoisotopic (exact) mass is 546 g/mol. The molecular weight excluding hydrogens is 519 g/mol. The molecule has 1 unspecified atom stereocenters. The number of amides is 2. The molecule has 1 aliphatic carbocycles. The minimum absolute atomic E-state index is 0.0362. The van der Waals surface area contributed by atoms with E-state index in [0.29, 0.717) is 40.7 Å². The number of rotatable bonds is 7. The van der Waals surface area contributed by atoms with Crippen molar-refractivity contribution in [3.05, 3.63) is 87.4 Å². The molecule has 0 radical (unpaired) electrons. The van der Waals surface area contributed by atoms with Gasteiger partial charge in [-0.1, -0.05) is 53.5 Å². The molecule has 2 amide bonds. The van der Waals surface area contributed by atoms with Crippen molar-refractivity contribution in [2.24, 2.45) is 0 Å². The number of carbonyl (C=O) groups is 2. The molecule has 3 aromatic rings. The summed E-state index contributed by atoms with van der Waals surface area (Å²) in [6.45, 7) is 2.08. The molecule has 0 bridgehead atoms. The summed E-state index contributed by atoms with van der Waals surface area (Å²) >= 11 is 12.2. The summed E-state index contributed by atoms with van der Waals surface area (Å²) in [5, 5.41) is 13.0. The van der Waals surface area contributed by atoms with Crippen LogP contribution in [-0.4, -0.2) is 53.8 Å². The summed E-state index contributed by atoms with van der Waals surface area (Å²) in [5.74, 6) is -0.325. The van der Waals surface area contributed by atoms with Gasteiger partial charge in [0.2, 0.25) is 11.8 Å². The second-order valence-electron chi connectivity index (χ2n) is 9.95. The number of hydrogen-bond acceptors (Lipinski definition) is 4. The first-order chi connectivity index (χ1) is 18.4. The standard InChI is InChI=1S/C30H28Cl2N4O2/c31-25-14-26(32)16-27(15-25)34-29(37)18-36(30(38)19-35-8-1-2-9-35)28-12-23-7-6-22(11-24(23)13-28)21-5-3-4-20(10-21)17-33/h3-7,10-11,14-16,28H,1-2,8-9,12-13,18-19H2,(H,34,37). The molecule has 0 spiro atoms. The number of nitrogens with zero attached hydrogens (tertiary/aromatic N) is 3. The fourth-order valence-electron chi connectivity index (χ4n) is 5.39. The number of carbonyl (C=O) groups excluding carboxylic acids is 2. The Balaban J connectivity index is 1.35. The largest absolute Gasteiger partial charge is 0.329 e. The molecule has 38 heavy (non-hydrogen) atoms. The van der Waals surface area contributed by atoms with E-state index in [1.165, 1.54) is 5.56 Å². The second-order valence-corrected chi connectivity index (χ2v) is 10.8. The lowest BCUT2D eigenvalue weighted by Crippen LogP contribution is -2.49. The summed E-state index contributed by atoms with van der Waals surface area (Å²) < 4.78 is 0. The summed E-state index contributed by atoms with van der Waals surface area (Å²) in [5.41, 5.74) is 5.47. The van der Waals surface area contributed by atoms with Crippen molar-refractivity contribution in [1.82, 2.24) is 9.80 Å². The fraction of sp³-hybridized carbons (Fsp3) is 0.300. The van der Waals surface area contributed by atoms with Gasteiger partial charge in [0.1, 0.15) is 6.54 Å². The van der Waals surface area contributed by atoms with E-state index in [9.17, 15) is 14.9 Å². The Morgan fingerprint density at radius 1 is 0.947 bits per heavy atom. The highest BCUT2D eigenvalue weighted by molar-refractivity contribution is 6.35. The molecule has 0 saturated carbocycles. The highest BCUT2D eigenvalue weighted by Crippen LogP contribution is 2.31. The van der Waals surface area contributed by atoms with Gasteiger partial charge >= 0.3 is 0 Å². The van der Waals surface area contributed by atoms with E-state index in [1.807, 2.05) is 18.2 Å². The van der Waals surface area contributed by atoms with Crippen LogP contribution < -0.4 is 5.32 Å². The third-order valence-corrected chi connectivity index (χ3v) is 7.66. The number of nitriles is 1. The average Bonchev–Trinajstić information content (AvgIpc) is 3.56. The van der Waals surface area contributed by atoms with E-state index >= 15 is 0 Å². The van der Waals surface area contributed by atoms with E-state index in [2.05, 4.69) is 34.5 Å². The van der Waals surface area contributed by atoms with Crippen LogP contribution >= 0.6 is 23.2 Å². The van der Waals surface area contributed by atoms with Gasteiger partial charge in [-0.15, -0.1) is 0 Å². The van der Waals surface area contributed by atoms with E-state index in [1.54, 1.807) is 29.2 Å². The zero-order valence-electron chi connectivity index (χ0n) is 20.9. The Morgan fingerprint density at radius 3 is 2.39 bits per heavy atom. The molecule has 8 heteroatoms. The second kappa shape index (κ2) is 11.6. The van der Waals surface area contributed by atoms with Crippen molar-refractivity contribution in [2.75, 3.05) is 31.5 Å². The van der Waals surface area contributed by atoms with Crippen LogP contribution in [0.2, 0.25) is 10.0 Å². The topological polar surface area (TPSA) is 76.4 Å². The normalized spacial score (nSPS) is 16.6. The van der Waals surface area contributed by atoms with Crippen LogP contribution in [0.15, 0.2) is 60.7 Å². The van der Waals surface area contributed by atoms with Gasteiger partial charge < -0.3 is 10.2 Å². The van der Waals surface area contributed by atoms with Crippen molar-refractivity contribution < 1.29 is 9.59 Å². The average molecular weight is 547 g/mol. The Labute approximate surface area is 232 Å². The van der Waals surface area contributed by atoms with Gasteiger partial charge in [-0.05, 0) is 91.4 Å². The van der Waals surface area contributed by atoms with Crippen molar-refractivity contribution in [3.8, 4) is 17.2 Å². The van der Waals surface area contributed by atoms with Crippen LogP contribution in [0.3, 0.4) is 0 Å². The van der Waals surface area contributed by atoms with Crippen LogP contribution in [-0.2, 0) is 22.4 Å². The Morgan fingerprint density at radius 2 is 1.66 bits per heavy atom. The van der Waals surface area contributed by atoms with E-state index in [4.69, 9.17) is 23.2 Å². The van der Waals surface area contributed by atoms with Crippen molar-refractivity contribution in [1.29, 1.82) is 5.26 Å². The van der Waals surface area contributed by atoms with Crippen LogP contribution in [0.5, 0.6) is 0 Å². The van der Waals surface area contributed by atoms with Crippen molar-refractivity contribution >= 4 is 40.7 Å².